The molecule has 4 aromatic rings. The van der Waals surface area contributed by atoms with E-state index in [-0.39, 0.29) is 30.3 Å². The van der Waals surface area contributed by atoms with E-state index in [1.165, 1.54) is 6.20 Å². The fourth-order valence-corrected chi connectivity index (χ4v) is 6.18. The van der Waals surface area contributed by atoms with Crippen LogP contribution in [0.4, 0.5) is 23.7 Å². The van der Waals surface area contributed by atoms with Gasteiger partial charge in [0, 0.05) is 35.1 Å². The molecule has 0 aliphatic carbocycles. The normalized spacial score (nSPS) is 19.1. The second-order valence-corrected chi connectivity index (χ2v) is 11.4. The largest absolute Gasteiger partial charge is 0.447 e. The highest BCUT2D eigenvalue weighted by atomic mass is 35.5. The van der Waals surface area contributed by atoms with E-state index in [1.54, 1.807) is 40.7 Å². The van der Waals surface area contributed by atoms with Gasteiger partial charge in [-0.1, -0.05) is 23.7 Å². The number of thiazole rings is 1. The molecule has 1 amide bonds. The molecule has 1 N–H and O–H groups in total. The molecule has 0 bridgehead atoms. The molecule has 0 unspecified atom stereocenters. The second-order valence-electron chi connectivity index (χ2n) is 9.91. The number of anilines is 1. The summed E-state index contributed by atoms with van der Waals surface area (Å²) in [5.41, 5.74) is 1.96. The van der Waals surface area contributed by atoms with Crippen molar-refractivity contribution in [2.45, 2.75) is 44.6 Å². The van der Waals surface area contributed by atoms with Crippen LogP contribution in [0.1, 0.15) is 29.2 Å². The number of halogens is 4. The topological polar surface area (TPSA) is 89.4 Å². The van der Waals surface area contributed by atoms with E-state index >= 15 is 0 Å². The molecule has 40 heavy (non-hydrogen) atoms. The molecule has 2 aromatic heterocycles. The number of fused-ring (bicyclic) bond motifs is 2. The average molecular weight is 590 g/mol. The molecule has 2 aromatic carbocycles. The number of hydrogen-bond acceptors (Lipinski definition) is 7. The minimum atomic E-state index is -4.57. The lowest BCUT2D eigenvalue weighted by Crippen LogP contribution is -2.45. The first-order valence-electron chi connectivity index (χ1n) is 12.6. The van der Waals surface area contributed by atoms with E-state index in [0.29, 0.717) is 75.2 Å². The molecule has 208 valence electrons. The molecule has 6 rings (SSSR count). The summed E-state index contributed by atoms with van der Waals surface area (Å²) in [6.45, 7) is 2.80. The van der Waals surface area contributed by atoms with E-state index in [2.05, 4.69) is 15.3 Å². The van der Waals surface area contributed by atoms with Gasteiger partial charge in [0.1, 0.15) is 12.4 Å². The predicted molar refractivity (Wildman–Crippen MR) is 146 cm³/mol. The Balaban J connectivity index is 1.42. The van der Waals surface area contributed by atoms with Gasteiger partial charge in [-0.25, -0.2) is 14.8 Å². The number of aromatic nitrogens is 3. The first kappa shape index (κ1) is 26.6. The number of cyclic esters (lactones) is 1. The van der Waals surface area contributed by atoms with Crippen molar-refractivity contribution < 1.29 is 22.7 Å². The van der Waals surface area contributed by atoms with Crippen LogP contribution < -0.4 is 10.9 Å². The maximum atomic E-state index is 13.7. The maximum Gasteiger partial charge on any atom is 0.443 e. The van der Waals surface area contributed by atoms with Crippen molar-refractivity contribution in [3.05, 3.63) is 74.4 Å². The molecule has 0 spiro atoms. The van der Waals surface area contributed by atoms with Crippen LogP contribution in [-0.4, -0.2) is 50.8 Å². The number of amides is 1. The van der Waals surface area contributed by atoms with Gasteiger partial charge >= 0.3 is 12.3 Å². The van der Waals surface area contributed by atoms with Crippen molar-refractivity contribution in [1.82, 2.24) is 19.4 Å². The van der Waals surface area contributed by atoms with Gasteiger partial charge < -0.3 is 15.0 Å². The van der Waals surface area contributed by atoms with Crippen LogP contribution in [0.2, 0.25) is 5.02 Å². The number of ether oxygens (including phenoxy) is 1. The second kappa shape index (κ2) is 10.1. The zero-order valence-corrected chi connectivity index (χ0v) is 22.7. The number of carbonyl (C=O) groups is 1. The summed E-state index contributed by atoms with van der Waals surface area (Å²) < 4.78 is 46.9. The first-order valence-corrected chi connectivity index (χ1v) is 13.8. The lowest BCUT2D eigenvalue weighted by molar-refractivity contribution is -0.137. The van der Waals surface area contributed by atoms with Crippen LogP contribution in [0.15, 0.2) is 47.4 Å². The van der Waals surface area contributed by atoms with Crippen LogP contribution in [0, 0.1) is 6.92 Å². The summed E-state index contributed by atoms with van der Waals surface area (Å²) in [5, 5.41) is 3.42. The quantitative estimate of drug-likeness (QED) is 0.310. The molecule has 2 fully saturated rings. The monoisotopic (exact) mass is 589 g/mol. The fraction of sp³-hybridized carbons (Fsp3) is 0.333. The van der Waals surface area contributed by atoms with E-state index in [4.69, 9.17) is 16.3 Å². The molecule has 2 aliphatic rings. The molecule has 2 aliphatic heterocycles. The number of nitrogens with one attached hydrogen (secondary N) is 1. The van der Waals surface area contributed by atoms with Crippen molar-refractivity contribution >= 4 is 45.6 Å². The molecule has 2 saturated heterocycles. The number of carbonyl (C=O) groups excluding carboxylic acids is 1. The Bertz CT molecular complexity index is 1670. The predicted octanol–water partition coefficient (Wildman–Crippen LogP) is 5.94. The van der Waals surface area contributed by atoms with Gasteiger partial charge in [-0.2, -0.15) is 13.2 Å². The Hall–Kier alpha value is -3.64. The van der Waals surface area contributed by atoms with Crippen molar-refractivity contribution in [2.75, 3.05) is 18.5 Å². The number of benzene rings is 2. The van der Waals surface area contributed by atoms with E-state index in [0.717, 1.165) is 5.56 Å². The third-order valence-electron chi connectivity index (χ3n) is 7.26. The van der Waals surface area contributed by atoms with Crippen LogP contribution in [0.5, 0.6) is 0 Å². The summed E-state index contributed by atoms with van der Waals surface area (Å²) in [6, 6.07) is 10.3. The lowest BCUT2D eigenvalue weighted by atomic mass is 9.97. The van der Waals surface area contributed by atoms with Crippen molar-refractivity contribution in [3.63, 3.8) is 0 Å². The molecule has 13 heteroatoms. The third-order valence-corrected chi connectivity index (χ3v) is 8.59. The number of hydrogen-bond donors (Lipinski definition) is 1. The van der Waals surface area contributed by atoms with Crippen LogP contribution >= 0.6 is 22.9 Å². The van der Waals surface area contributed by atoms with Crippen LogP contribution in [-0.2, 0) is 17.5 Å². The van der Waals surface area contributed by atoms with Crippen molar-refractivity contribution in [2.24, 2.45) is 0 Å². The Morgan fingerprint density at radius 2 is 1.98 bits per heavy atom. The van der Waals surface area contributed by atoms with Gasteiger partial charge in [0.05, 0.1) is 28.4 Å². The maximum absolute atomic E-state index is 13.7. The van der Waals surface area contributed by atoms with Gasteiger partial charge in [-0.05, 0) is 49.6 Å². The zero-order valence-electron chi connectivity index (χ0n) is 21.2. The van der Waals surface area contributed by atoms with Gasteiger partial charge in [0.15, 0.2) is 5.01 Å². The van der Waals surface area contributed by atoms with E-state index < -0.39 is 11.2 Å². The average Bonchev–Trinajstić information content (AvgIpc) is 3.55. The van der Waals surface area contributed by atoms with Crippen LogP contribution in [0.25, 0.3) is 21.3 Å². The Kier molecular flexibility index (Phi) is 6.70. The molecular formula is C27H23ClF3N5O3S. The lowest BCUT2D eigenvalue weighted by Gasteiger charge is -2.33. The van der Waals surface area contributed by atoms with E-state index in [1.807, 2.05) is 12.1 Å². The summed E-state index contributed by atoms with van der Waals surface area (Å²) in [7, 11) is 0. The first-order chi connectivity index (χ1) is 19.1. The highest BCUT2D eigenvalue weighted by molar-refractivity contribution is 7.15. The Morgan fingerprint density at radius 3 is 2.70 bits per heavy atom. The SMILES string of the molecule is Cc1nc2cc(-c3cnc(C(F)(F)F)s3)c(N[C@H]3CCN4C(=O)OC[C@@H]4C3)cc2c(=O)n1Cc1ccc(Cl)cc1. The van der Waals surface area contributed by atoms with Gasteiger partial charge in [-0.3, -0.25) is 9.36 Å². The van der Waals surface area contributed by atoms with Gasteiger partial charge in [0.25, 0.3) is 5.56 Å². The fourth-order valence-electron chi connectivity index (χ4n) is 5.24. The van der Waals surface area contributed by atoms with Crippen LogP contribution in [0.3, 0.4) is 0 Å². The molecule has 4 heterocycles. The third kappa shape index (κ3) is 5.01. The molecule has 8 nitrogen and oxygen atoms in total. The highest BCUT2D eigenvalue weighted by Crippen LogP contribution is 2.40. The minimum absolute atomic E-state index is 0.0798. The van der Waals surface area contributed by atoms with Crippen molar-refractivity contribution in [1.29, 1.82) is 0 Å². The summed E-state index contributed by atoms with van der Waals surface area (Å²) in [6.07, 6.45) is -2.49. The molecule has 2 atom stereocenters. The Morgan fingerprint density at radius 1 is 1.20 bits per heavy atom. The summed E-state index contributed by atoms with van der Waals surface area (Å²) >= 11 is 6.54. The number of alkyl halides is 3. The van der Waals surface area contributed by atoms with E-state index in [9.17, 15) is 22.8 Å². The number of piperidine rings is 1. The Labute approximate surface area is 235 Å². The number of nitrogens with zero attached hydrogens (tertiary/aromatic N) is 4. The smallest absolute Gasteiger partial charge is 0.443 e. The van der Waals surface area contributed by atoms with Gasteiger partial charge in [0.2, 0.25) is 0 Å². The highest BCUT2D eigenvalue weighted by Gasteiger charge is 2.38. The number of rotatable bonds is 5. The molecular weight excluding hydrogens is 567 g/mol. The summed E-state index contributed by atoms with van der Waals surface area (Å²) in [5.74, 6) is 0.470. The molecule has 0 radical (unpaired) electrons. The number of aryl methyl sites for hydroxylation is 1. The zero-order chi connectivity index (χ0) is 28.2. The minimum Gasteiger partial charge on any atom is -0.447 e. The van der Waals surface area contributed by atoms with Crippen molar-refractivity contribution in [3.8, 4) is 10.4 Å². The standard InChI is InChI=1S/C27H23ClF3N5O3S/c1-14-33-22-9-19(23-11-32-25(40-23)27(29,30)31)21(34-17-6-7-35-18(8-17)13-39-26(35)38)10-20(22)24(37)36(14)12-15-2-4-16(28)5-3-15/h2-5,9-11,17-18,34H,6-8,12-13H2,1H3/t17-,18-/m0/s1. The van der Waals surface area contributed by atoms with Gasteiger partial charge in [-0.15, -0.1) is 11.3 Å². The summed E-state index contributed by atoms with van der Waals surface area (Å²) in [4.78, 5) is 35.8. The molecule has 0 saturated carbocycles.